The van der Waals surface area contributed by atoms with Crippen LogP contribution in [0.25, 0.3) is 0 Å². The molecule has 0 unspecified atom stereocenters. The summed E-state index contributed by atoms with van der Waals surface area (Å²) < 4.78 is 41.9. The molecule has 1 aromatic rings. The zero-order valence-corrected chi connectivity index (χ0v) is 14.9. The summed E-state index contributed by atoms with van der Waals surface area (Å²) in [5, 5.41) is -0.0992. The highest BCUT2D eigenvalue weighted by molar-refractivity contribution is 8.16. The molecular formula is C16H19FN2O3S2. The minimum Gasteiger partial charge on any atom is -0.287 e. The summed E-state index contributed by atoms with van der Waals surface area (Å²) in [5.74, 6) is -0.593. The summed E-state index contributed by atoms with van der Waals surface area (Å²) in [5.41, 5.74) is 0. The molecule has 0 N–H and O–H groups in total. The van der Waals surface area contributed by atoms with E-state index in [1.165, 1.54) is 23.9 Å². The number of amides is 1. The predicted molar refractivity (Wildman–Crippen MR) is 91.8 cm³/mol. The largest absolute Gasteiger partial charge is 0.287 e. The molecule has 1 aliphatic heterocycles. The first-order valence-electron chi connectivity index (χ1n) is 7.99. The van der Waals surface area contributed by atoms with Crippen LogP contribution in [0.15, 0.2) is 33.6 Å². The molecule has 24 heavy (non-hydrogen) atoms. The third-order valence-corrected chi connectivity index (χ3v) is 6.77. The van der Waals surface area contributed by atoms with Crippen molar-refractivity contribution in [3.8, 4) is 0 Å². The standard InChI is InChI=1S/C16H19FN2O3S2/c1-11-15(20)19(13-5-3-2-4-6-13)16(23-11)18-24(21,22)14-9-7-12(17)8-10-14/h7-11,13H,2-6H2,1H3/t11-/m0/s1. The monoisotopic (exact) mass is 370 g/mol. The lowest BCUT2D eigenvalue weighted by Gasteiger charge is -2.30. The fourth-order valence-electron chi connectivity index (χ4n) is 3.06. The SMILES string of the molecule is C[C@@H]1SC(=NS(=O)(=O)c2ccc(F)cc2)N(C2CCCCC2)C1=O. The average molecular weight is 370 g/mol. The maximum atomic E-state index is 13.0. The highest BCUT2D eigenvalue weighted by Gasteiger charge is 2.40. The Hall–Kier alpha value is -1.41. The van der Waals surface area contributed by atoms with Gasteiger partial charge in [0.2, 0.25) is 5.91 Å². The molecule has 3 rings (SSSR count). The zero-order valence-electron chi connectivity index (χ0n) is 13.3. The molecular weight excluding hydrogens is 351 g/mol. The van der Waals surface area contributed by atoms with Gasteiger partial charge in [-0.1, -0.05) is 31.0 Å². The fourth-order valence-corrected chi connectivity index (χ4v) is 5.29. The smallest absolute Gasteiger partial charge is 0.284 e. The lowest BCUT2D eigenvalue weighted by molar-refractivity contribution is -0.127. The number of amidine groups is 1. The van der Waals surface area contributed by atoms with Crippen LogP contribution in [0.5, 0.6) is 0 Å². The minimum absolute atomic E-state index is 0.0193. The third-order valence-electron chi connectivity index (χ3n) is 4.32. The highest BCUT2D eigenvalue weighted by Crippen LogP contribution is 2.34. The van der Waals surface area contributed by atoms with Gasteiger partial charge in [0, 0.05) is 6.04 Å². The van der Waals surface area contributed by atoms with E-state index in [9.17, 15) is 17.6 Å². The van der Waals surface area contributed by atoms with E-state index in [0.29, 0.717) is 0 Å². The number of hydrogen-bond acceptors (Lipinski definition) is 4. The van der Waals surface area contributed by atoms with Gasteiger partial charge in [0.05, 0.1) is 10.1 Å². The van der Waals surface area contributed by atoms with Gasteiger partial charge in [-0.15, -0.1) is 4.40 Å². The average Bonchev–Trinajstić information content (AvgIpc) is 2.82. The summed E-state index contributed by atoms with van der Waals surface area (Å²) in [6.07, 6.45) is 4.95. The quantitative estimate of drug-likeness (QED) is 0.820. The minimum atomic E-state index is -3.97. The second-order valence-electron chi connectivity index (χ2n) is 6.06. The second kappa shape index (κ2) is 6.84. The van der Waals surface area contributed by atoms with E-state index in [4.69, 9.17) is 0 Å². The lowest BCUT2D eigenvalue weighted by Crippen LogP contribution is -2.42. The van der Waals surface area contributed by atoms with Gasteiger partial charge in [-0.3, -0.25) is 9.69 Å². The third kappa shape index (κ3) is 3.49. The van der Waals surface area contributed by atoms with E-state index in [1.807, 2.05) is 0 Å². The maximum absolute atomic E-state index is 13.0. The Morgan fingerprint density at radius 3 is 2.42 bits per heavy atom. The zero-order chi connectivity index (χ0) is 17.3. The van der Waals surface area contributed by atoms with E-state index >= 15 is 0 Å². The van der Waals surface area contributed by atoms with Crippen LogP contribution in [0.2, 0.25) is 0 Å². The van der Waals surface area contributed by atoms with E-state index < -0.39 is 15.8 Å². The van der Waals surface area contributed by atoms with Crippen molar-refractivity contribution in [3.05, 3.63) is 30.1 Å². The number of rotatable bonds is 3. The number of thioether (sulfide) groups is 1. The summed E-state index contributed by atoms with van der Waals surface area (Å²) in [6, 6.07) is 4.56. The van der Waals surface area contributed by atoms with E-state index in [-0.39, 0.29) is 27.3 Å². The number of carbonyl (C=O) groups is 1. The first-order chi connectivity index (χ1) is 11.4. The van der Waals surface area contributed by atoms with E-state index in [2.05, 4.69) is 4.40 Å². The predicted octanol–water partition coefficient (Wildman–Crippen LogP) is 3.17. The molecule has 0 radical (unpaired) electrons. The van der Waals surface area contributed by atoms with Crippen LogP contribution in [-0.2, 0) is 14.8 Å². The summed E-state index contributed by atoms with van der Waals surface area (Å²) >= 11 is 1.17. The Balaban J connectivity index is 1.93. The van der Waals surface area contributed by atoms with Crippen LogP contribution in [0.3, 0.4) is 0 Å². The van der Waals surface area contributed by atoms with Crippen LogP contribution in [0.4, 0.5) is 4.39 Å². The van der Waals surface area contributed by atoms with Crippen molar-refractivity contribution in [2.45, 2.75) is 55.2 Å². The van der Waals surface area contributed by atoms with Crippen LogP contribution < -0.4 is 0 Å². The Morgan fingerprint density at radius 1 is 1.17 bits per heavy atom. The molecule has 1 saturated carbocycles. The molecule has 1 amide bonds. The lowest BCUT2D eigenvalue weighted by atomic mass is 9.94. The van der Waals surface area contributed by atoms with E-state index in [1.54, 1.807) is 11.8 Å². The van der Waals surface area contributed by atoms with Gasteiger partial charge in [0.25, 0.3) is 10.0 Å². The Kier molecular flexibility index (Phi) is 4.96. The Labute approximate surface area is 145 Å². The first-order valence-corrected chi connectivity index (χ1v) is 10.3. The summed E-state index contributed by atoms with van der Waals surface area (Å²) in [6.45, 7) is 1.76. The van der Waals surface area contributed by atoms with Crippen LogP contribution in [-0.4, -0.2) is 35.7 Å². The second-order valence-corrected chi connectivity index (χ2v) is 8.98. The highest BCUT2D eigenvalue weighted by atomic mass is 32.2. The number of sulfonamides is 1. The molecule has 1 saturated heterocycles. The fraction of sp³-hybridized carbons (Fsp3) is 0.500. The van der Waals surface area contributed by atoms with Crippen LogP contribution >= 0.6 is 11.8 Å². The van der Waals surface area contributed by atoms with Crippen molar-refractivity contribution < 1.29 is 17.6 Å². The molecule has 130 valence electrons. The molecule has 0 spiro atoms. The molecule has 8 heteroatoms. The van der Waals surface area contributed by atoms with Gasteiger partial charge in [0.15, 0.2) is 5.17 Å². The Bertz CT molecular complexity index is 756. The summed E-state index contributed by atoms with van der Waals surface area (Å²) in [7, 11) is -3.97. The number of hydrogen-bond donors (Lipinski definition) is 0. The maximum Gasteiger partial charge on any atom is 0.284 e. The van der Waals surface area contributed by atoms with Crippen LogP contribution in [0.1, 0.15) is 39.0 Å². The van der Waals surface area contributed by atoms with Crippen molar-refractivity contribution >= 4 is 32.9 Å². The topological polar surface area (TPSA) is 66.8 Å². The molecule has 2 aliphatic rings. The Morgan fingerprint density at radius 2 is 1.79 bits per heavy atom. The van der Waals surface area contributed by atoms with Crippen molar-refractivity contribution in [1.82, 2.24) is 4.90 Å². The molecule has 1 heterocycles. The molecule has 2 fully saturated rings. The molecule has 5 nitrogen and oxygen atoms in total. The van der Waals surface area contributed by atoms with Crippen molar-refractivity contribution in [1.29, 1.82) is 0 Å². The van der Waals surface area contributed by atoms with Gasteiger partial charge >= 0.3 is 0 Å². The molecule has 1 atom stereocenters. The van der Waals surface area contributed by atoms with Gasteiger partial charge in [-0.25, -0.2) is 4.39 Å². The number of carbonyl (C=O) groups excluding carboxylic acids is 1. The number of benzene rings is 1. The first kappa shape index (κ1) is 17.4. The van der Waals surface area contributed by atoms with Gasteiger partial charge < -0.3 is 0 Å². The van der Waals surface area contributed by atoms with Crippen molar-refractivity contribution in [2.24, 2.45) is 4.40 Å². The number of nitrogens with zero attached hydrogens (tertiary/aromatic N) is 2. The number of halogens is 1. The van der Waals surface area contributed by atoms with Gasteiger partial charge in [0.1, 0.15) is 5.82 Å². The van der Waals surface area contributed by atoms with Gasteiger partial charge in [-0.05, 0) is 44.0 Å². The molecule has 1 aromatic carbocycles. The van der Waals surface area contributed by atoms with Gasteiger partial charge in [-0.2, -0.15) is 8.42 Å². The normalized spacial score (nSPS) is 24.8. The van der Waals surface area contributed by atoms with Crippen LogP contribution in [0, 0.1) is 5.82 Å². The summed E-state index contributed by atoms with van der Waals surface area (Å²) in [4.78, 5) is 14.0. The van der Waals surface area contributed by atoms with Crippen molar-refractivity contribution in [3.63, 3.8) is 0 Å². The van der Waals surface area contributed by atoms with E-state index in [0.717, 1.165) is 44.2 Å². The van der Waals surface area contributed by atoms with Crippen molar-refractivity contribution in [2.75, 3.05) is 0 Å². The molecule has 1 aliphatic carbocycles. The molecule has 0 aromatic heterocycles. The molecule has 0 bridgehead atoms.